The Morgan fingerprint density at radius 2 is 1.62 bits per heavy atom. The number of aromatic nitrogens is 2. The molecule has 0 amide bonds. The van der Waals surface area contributed by atoms with Gasteiger partial charge >= 0.3 is 0 Å². The van der Waals surface area contributed by atoms with Crippen LogP contribution in [-0.2, 0) is 15.4 Å². The zero-order valence-corrected chi connectivity index (χ0v) is 18.3. The number of nitrogens with one attached hydrogen (secondary N) is 1. The number of sulfonamides is 1. The molecule has 0 radical (unpaired) electrons. The Kier molecular flexibility index (Phi) is 4.44. The highest BCUT2D eigenvalue weighted by atomic mass is 32.2. The summed E-state index contributed by atoms with van der Waals surface area (Å²) >= 11 is 0. The minimum atomic E-state index is -3.87. The number of anilines is 1. The second kappa shape index (κ2) is 7.13. The van der Waals surface area contributed by atoms with Crippen LogP contribution in [0.3, 0.4) is 0 Å². The highest BCUT2D eigenvalue weighted by Gasteiger charge is 2.51. The van der Waals surface area contributed by atoms with Gasteiger partial charge in [-0.2, -0.15) is 4.98 Å². The fourth-order valence-corrected chi connectivity index (χ4v) is 7.57. The van der Waals surface area contributed by atoms with Gasteiger partial charge in [-0.3, -0.25) is 0 Å². The van der Waals surface area contributed by atoms with E-state index in [0.29, 0.717) is 5.56 Å². The summed E-state index contributed by atoms with van der Waals surface area (Å²) in [4.78, 5) is 4.20. The lowest BCUT2D eigenvalue weighted by Gasteiger charge is -2.57. The first-order valence-electron chi connectivity index (χ1n) is 11.1. The van der Waals surface area contributed by atoms with Gasteiger partial charge in [-0.05, 0) is 103 Å². The van der Waals surface area contributed by atoms with E-state index < -0.39 is 15.8 Å². The molecule has 4 aliphatic rings. The lowest BCUT2D eigenvalue weighted by molar-refractivity contribution is -0.00521. The van der Waals surface area contributed by atoms with Crippen molar-refractivity contribution >= 4 is 16.0 Å². The SMILES string of the molecule is O=S(=O)(Nc1noc(-c2cccc(F)c2)n1)c1ccc(C23CC4CC(CC(C4)C2)C3)cc1. The Hall–Kier alpha value is -2.74. The molecular weight excluding hydrogens is 429 g/mol. The second-order valence-electron chi connectivity index (χ2n) is 9.76. The lowest BCUT2D eigenvalue weighted by atomic mass is 9.48. The fraction of sp³-hybridized carbons (Fsp3) is 0.417. The van der Waals surface area contributed by atoms with Crippen molar-refractivity contribution in [3.05, 3.63) is 59.9 Å². The van der Waals surface area contributed by atoms with E-state index in [1.54, 1.807) is 18.2 Å². The van der Waals surface area contributed by atoms with Crippen LogP contribution in [0.4, 0.5) is 10.3 Å². The molecule has 4 bridgehead atoms. The molecular formula is C24H24FN3O3S. The third kappa shape index (κ3) is 3.41. The first kappa shape index (κ1) is 19.9. The maximum atomic E-state index is 13.4. The molecule has 4 saturated carbocycles. The molecule has 0 aliphatic heterocycles. The quantitative estimate of drug-likeness (QED) is 0.578. The van der Waals surface area contributed by atoms with Crippen molar-refractivity contribution in [3.8, 4) is 11.5 Å². The van der Waals surface area contributed by atoms with E-state index in [1.807, 2.05) is 12.1 Å². The van der Waals surface area contributed by atoms with Crippen LogP contribution < -0.4 is 4.72 Å². The Bertz CT molecular complexity index is 1230. The first-order chi connectivity index (χ1) is 15.4. The van der Waals surface area contributed by atoms with Gasteiger partial charge in [0.15, 0.2) is 0 Å². The fourth-order valence-electron chi connectivity index (χ4n) is 6.63. The van der Waals surface area contributed by atoms with Gasteiger partial charge in [-0.25, -0.2) is 17.5 Å². The van der Waals surface area contributed by atoms with Gasteiger partial charge in [0.05, 0.1) is 4.90 Å². The number of hydrogen-bond acceptors (Lipinski definition) is 5. The number of hydrogen-bond donors (Lipinski definition) is 1. The Balaban J connectivity index is 1.22. The summed E-state index contributed by atoms with van der Waals surface area (Å²) in [7, 11) is -3.87. The maximum Gasteiger partial charge on any atom is 0.277 e. The Labute approximate surface area is 186 Å². The summed E-state index contributed by atoms with van der Waals surface area (Å²) in [5.41, 5.74) is 1.87. The topological polar surface area (TPSA) is 85.1 Å². The summed E-state index contributed by atoms with van der Waals surface area (Å²) in [6.07, 6.45) is 7.81. The van der Waals surface area contributed by atoms with Crippen LogP contribution in [0.15, 0.2) is 57.9 Å². The summed E-state index contributed by atoms with van der Waals surface area (Å²) in [5.74, 6) is 1.90. The third-order valence-electron chi connectivity index (χ3n) is 7.54. The van der Waals surface area contributed by atoms with Crippen molar-refractivity contribution in [3.63, 3.8) is 0 Å². The van der Waals surface area contributed by atoms with Gasteiger partial charge < -0.3 is 4.52 Å². The predicted molar refractivity (Wildman–Crippen MR) is 117 cm³/mol. The first-order valence-corrected chi connectivity index (χ1v) is 12.6. The van der Waals surface area contributed by atoms with E-state index in [2.05, 4.69) is 14.9 Å². The minimum Gasteiger partial charge on any atom is -0.332 e. The van der Waals surface area contributed by atoms with E-state index >= 15 is 0 Å². The Morgan fingerprint density at radius 3 is 2.25 bits per heavy atom. The van der Waals surface area contributed by atoms with Crippen molar-refractivity contribution in [2.75, 3.05) is 4.72 Å². The van der Waals surface area contributed by atoms with E-state index in [-0.39, 0.29) is 22.1 Å². The summed E-state index contributed by atoms with van der Waals surface area (Å²) in [6, 6.07) is 13.0. The van der Waals surface area contributed by atoms with Crippen LogP contribution in [0.2, 0.25) is 0 Å². The predicted octanol–water partition coefficient (Wildman–Crippen LogP) is 5.14. The number of rotatable bonds is 5. The van der Waals surface area contributed by atoms with Crippen LogP contribution >= 0.6 is 0 Å². The van der Waals surface area contributed by atoms with Crippen molar-refractivity contribution in [1.29, 1.82) is 0 Å². The van der Waals surface area contributed by atoms with Crippen molar-refractivity contribution in [1.82, 2.24) is 10.1 Å². The molecule has 2 aromatic carbocycles. The highest BCUT2D eigenvalue weighted by molar-refractivity contribution is 7.92. The summed E-state index contributed by atoms with van der Waals surface area (Å²) < 4.78 is 46.6. The van der Waals surface area contributed by atoms with Crippen LogP contribution in [-0.4, -0.2) is 18.6 Å². The number of halogens is 1. The highest BCUT2D eigenvalue weighted by Crippen LogP contribution is 2.60. The van der Waals surface area contributed by atoms with E-state index in [4.69, 9.17) is 4.52 Å². The van der Waals surface area contributed by atoms with E-state index in [1.165, 1.54) is 62.3 Å². The molecule has 6 nitrogen and oxygen atoms in total. The normalized spacial score (nSPS) is 28.7. The van der Waals surface area contributed by atoms with E-state index in [9.17, 15) is 12.8 Å². The largest absolute Gasteiger partial charge is 0.332 e. The van der Waals surface area contributed by atoms with Gasteiger partial charge in [0.1, 0.15) is 5.82 Å². The minimum absolute atomic E-state index is 0.0411. The average molecular weight is 454 g/mol. The number of benzene rings is 2. The molecule has 8 heteroatoms. The van der Waals surface area contributed by atoms with Crippen molar-refractivity contribution in [2.45, 2.75) is 48.8 Å². The van der Waals surface area contributed by atoms with Crippen LogP contribution in [0.5, 0.6) is 0 Å². The zero-order chi connectivity index (χ0) is 21.9. The molecule has 0 saturated heterocycles. The molecule has 0 atom stereocenters. The molecule has 3 aromatic rings. The number of nitrogens with zero attached hydrogens (tertiary/aromatic N) is 2. The molecule has 4 aliphatic carbocycles. The maximum absolute atomic E-state index is 13.4. The van der Waals surface area contributed by atoms with Crippen molar-refractivity contribution < 1.29 is 17.3 Å². The van der Waals surface area contributed by atoms with E-state index in [0.717, 1.165) is 17.8 Å². The zero-order valence-electron chi connectivity index (χ0n) is 17.5. The molecule has 166 valence electrons. The summed E-state index contributed by atoms with van der Waals surface area (Å²) in [5, 5.41) is 3.68. The van der Waals surface area contributed by atoms with Gasteiger partial charge in [0.2, 0.25) is 0 Å². The van der Waals surface area contributed by atoms with Crippen LogP contribution in [0.1, 0.15) is 44.1 Å². The smallest absolute Gasteiger partial charge is 0.277 e. The second-order valence-corrected chi connectivity index (χ2v) is 11.4. The molecule has 7 rings (SSSR count). The van der Waals surface area contributed by atoms with Crippen LogP contribution in [0, 0.1) is 23.6 Å². The van der Waals surface area contributed by atoms with Gasteiger partial charge in [-0.1, -0.05) is 18.2 Å². The van der Waals surface area contributed by atoms with Gasteiger partial charge in [-0.15, -0.1) is 0 Å². The van der Waals surface area contributed by atoms with Gasteiger partial charge in [0, 0.05) is 5.56 Å². The molecule has 0 unspecified atom stereocenters. The molecule has 1 aromatic heterocycles. The molecule has 1 N–H and O–H groups in total. The lowest BCUT2D eigenvalue weighted by Crippen LogP contribution is -2.48. The standard InChI is InChI=1S/C24H24FN3O3S/c25-20-3-1-2-18(11-20)22-26-23(27-31-22)28-32(29,30)21-6-4-19(5-7-21)24-12-15-8-16(13-24)10-17(9-15)14-24/h1-7,11,15-17H,8-10,12-14H2,(H,27,28). The molecule has 32 heavy (non-hydrogen) atoms. The molecule has 1 heterocycles. The Morgan fingerprint density at radius 1 is 0.969 bits per heavy atom. The van der Waals surface area contributed by atoms with Crippen LogP contribution in [0.25, 0.3) is 11.5 Å². The summed E-state index contributed by atoms with van der Waals surface area (Å²) in [6.45, 7) is 0. The average Bonchev–Trinajstić information content (AvgIpc) is 3.21. The molecule has 4 fully saturated rings. The third-order valence-corrected chi connectivity index (χ3v) is 8.88. The molecule has 0 spiro atoms. The van der Waals surface area contributed by atoms with Gasteiger partial charge in [0.25, 0.3) is 21.9 Å². The monoisotopic (exact) mass is 453 g/mol. The van der Waals surface area contributed by atoms with Crippen molar-refractivity contribution in [2.24, 2.45) is 17.8 Å².